The van der Waals surface area contributed by atoms with Crippen LogP contribution in [-0.4, -0.2) is 55.3 Å². The van der Waals surface area contributed by atoms with Gasteiger partial charge in [-0.3, -0.25) is 9.98 Å². The molecule has 5 fully saturated rings. The van der Waals surface area contributed by atoms with Gasteiger partial charge < -0.3 is 25.8 Å². The van der Waals surface area contributed by atoms with Crippen molar-refractivity contribution in [1.29, 1.82) is 5.26 Å². The van der Waals surface area contributed by atoms with Gasteiger partial charge in [-0.05, 0) is 87.0 Å². The van der Waals surface area contributed by atoms with Gasteiger partial charge in [-0.2, -0.15) is 5.26 Å². The number of hydrogen-bond donors (Lipinski definition) is 4. The highest BCUT2D eigenvalue weighted by Crippen LogP contribution is 2.60. The minimum Gasteiger partial charge on any atom is -0.496 e. The lowest BCUT2D eigenvalue weighted by Crippen LogP contribution is -2.61. The van der Waals surface area contributed by atoms with Crippen LogP contribution in [0.1, 0.15) is 63.4 Å². The number of rotatable bonds is 7. The SMILES string of the molecule is COc1ccccc1CNC1=NCC(C#N)C(=NCC23CC4C[C@H](C2)C(NC2CCC(O)CC2)[C@@H](C4)C3)N1. The number of aliphatic hydroxyl groups excluding tert-OH is 1. The van der Waals surface area contributed by atoms with Gasteiger partial charge in [0.1, 0.15) is 17.5 Å². The molecule has 6 aliphatic rings. The minimum absolute atomic E-state index is 0.0958. The lowest BCUT2D eigenvalue weighted by atomic mass is 9.48. The van der Waals surface area contributed by atoms with E-state index in [0.717, 1.165) is 67.1 Å². The van der Waals surface area contributed by atoms with Gasteiger partial charge in [-0.1, -0.05) is 18.2 Å². The summed E-state index contributed by atoms with van der Waals surface area (Å²) in [4.78, 5) is 9.68. The number of para-hydroxylation sites is 1. The van der Waals surface area contributed by atoms with Crippen molar-refractivity contribution in [3.8, 4) is 11.8 Å². The van der Waals surface area contributed by atoms with Gasteiger partial charge in [0.15, 0.2) is 5.96 Å². The molecule has 7 rings (SSSR count). The Bertz CT molecular complexity index is 1090. The predicted octanol–water partition coefficient (Wildman–Crippen LogP) is 3.37. The van der Waals surface area contributed by atoms with Crippen LogP contribution in [0.2, 0.25) is 0 Å². The number of aliphatic hydroxyl groups is 1. The van der Waals surface area contributed by atoms with Crippen LogP contribution in [0.25, 0.3) is 0 Å². The lowest BCUT2D eigenvalue weighted by molar-refractivity contribution is -0.0754. The number of amidine groups is 1. The second-order valence-electron chi connectivity index (χ2n) is 12.5. The molecule has 4 N–H and O–H groups in total. The van der Waals surface area contributed by atoms with Crippen molar-refractivity contribution in [1.82, 2.24) is 16.0 Å². The van der Waals surface area contributed by atoms with Gasteiger partial charge in [-0.15, -0.1) is 0 Å². The van der Waals surface area contributed by atoms with Crippen LogP contribution in [0.15, 0.2) is 34.3 Å². The van der Waals surface area contributed by atoms with Crippen molar-refractivity contribution < 1.29 is 9.84 Å². The van der Waals surface area contributed by atoms with Crippen molar-refractivity contribution in [3.05, 3.63) is 29.8 Å². The number of benzene rings is 1. The molecule has 204 valence electrons. The standard InChI is InChI=1S/C30H42N6O2/c1-38-26-5-3-2-4-20(26)16-32-29-33-17-23(15-31)28(36-29)34-18-30-12-19-10-21(13-30)27(22(11-19)14-30)35-24-6-8-25(37)9-7-24/h2-5,19,21-25,27,35,37H,6-14,16-18H2,1H3,(H2,32,33,34,36)/t19?,21-,22+,23?,24?,25?,27?,30?. The highest BCUT2D eigenvalue weighted by Gasteiger charge is 2.55. The van der Waals surface area contributed by atoms with Gasteiger partial charge >= 0.3 is 0 Å². The summed E-state index contributed by atoms with van der Waals surface area (Å²) in [6, 6.07) is 11.6. The van der Waals surface area contributed by atoms with E-state index in [0.29, 0.717) is 31.1 Å². The maximum absolute atomic E-state index is 9.91. The van der Waals surface area contributed by atoms with Crippen LogP contribution >= 0.6 is 0 Å². The Morgan fingerprint density at radius 3 is 2.66 bits per heavy atom. The maximum Gasteiger partial charge on any atom is 0.197 e. The highest BCUT2D eigenvalue weighted by atomic mass is 16.5. The molecular formula is C30H42N6O2. The fourth-order valence-electron chi connectivity index (χ4n) is 8.32. The fraction of sp³-hybridized carbons (Fsp3) is 0.700. The Labute approximate surface area is 226 Å². The summed E-state index contributed by atoms with van der Waals surface area (Å²) in [6.07, 6.45) is 10.5. The number of nitrogens with one attached hydrogen (secondary N) is 3. The number of aliphatic imine (C=N–C) groups is 2. The topological polar surface area (TPSA) is 114 Å². The van der Waals surface area contributed by atoms with Gasteiger partial charge in [0.05, 0.1) is 25.8 Å². The molecule has 8 nitrogen and oxygen atoms in total. The number of hydrogen-bond acceptors (Lipinski definition) is 7. The molecular weight excluding hydrogens is 476 g/mol. The van der Waals surface area contributed by atoms with Gasteiger partial charge in [-0.25, -0.2) is 0 Å². The zero-order valence-electron chi connectivity index (χ0n) is 22.5. The van der Waals surface area contributed by atoms with Crippen LogP contribution in [0, 0.1) is 40.4 Å². The first-order valence-electron chi connectivity index (χ1n) is 14.6. The van der Waals surface area contributed by atoms with Crippen LogP contribution < -0.4 is 20.7 Å². The lowest BCUT2D eigenvalue weighted by Gasteiger charge is -2.60. The van der Waals surface area contributed by atoms with Crippen LogP contribution in [0.3, 0.4) is 0 Å². The normalized spacial score (nSPS) is 38.8. The quantitative estimate of drug-likeness (QED) is 0.440. The Hall–Kier alpha value is -2.63. The van der Waals surface area contributed by atoms with Crippen LogP contribution in [-0.2, 0) is 6.54 Å². The third kappa shape index (κ3) is 5.28. The average molecular weight is 519 g/mol. The molecule has 1 heterocycles. The van der Waals surface area contributed by atoms with Crippen molar-refractivity contribution in [2.24, 2.45) is 39.1 Å². The molecule has 1 aliphatic heterocycles. The number of nitriles is 1. The summed E-state index contributed by atoms with van der Waals surface area (Å²) < 4.78 is 5.47. The Kier molecular flexibility index (Phi) is 7.33. The molecule has 5 saturated carbocycles. The van der Waals surface area contributed by atoms with Crippen molar-refractivity contribution >= 4 is 11.8 Å². The molecule has 0 saturated heterocycles. The molecule has 4 bridgehead atoms. The summed E-state index contributed by atoms with van der Waals surface area (Å²) in [5.74, 6) is 4.25. The summed E-state index contributed by atoms with van der Waals surface area (Å²) in [6.45, 7) is 1.82. The van der Waals surface area contributed by atoms with Gasteiger partial charge in [0.25, 0.3) is 0 Å². The van der Waals surface area contributed by atoms with E-state index in [1.54, 1.807) is 7.11 Å². The van der Waals surface area contributed by atoms with Crippen molar-refractivity contribution in [3.63, 3.8) is 0 Å². The largest absolute Gasteiger partial charge is 0.496 e. The first-order valence-corrected chi connectivity index (χ1v) is 14.6. The fourth-order valence-corrected chi connectivity index (χ4v) is 8.32. The van der Waals surface area contributed by atoms with E-state index in [-0.39, 0.29) is 17.4 Å². The van der Waals surface area contributed by atoms with Crippen LogP contribution in [0.4, 0.5) is 0 Å². The Morgan fingerprint density at radius 2 is 1.92 bits per heavy atom. The molecule has 6 atom stereocenters. The zero-order valence-corrected chi connectivity index (χ0v) is 22.5. The molecule has 4 unspecified atom stereocenters. The molecule has 8 heteroatoms. The number of nitrogens with zero attached hydrogens (tertiary/aromatic N) is 3. The summed E-state index contributed by atoms with van der Waals surface area (Å²) in [7, 11) is 1.68. The highest BCUT2D eigenvalue weighted by molar-refractivity contribution is 6.03. The van der Waals surface area contributed by atoms with E-state index < -0.39 is 0 Å². The zero-order chi connectivity index (χ0) is 26.1. The predicted molar refractivity (Wildman–Crippen MR) is 148 cm³/mol. The summed E-state index contributed by atoms with van der Waals surface area (Å²) in [5, 5.41) is 30.5. The second kappa shape index (κ2) is 10.9. The molecule has 1 aromatic rings. The maximum atomic E-state index is 9.91. The third-order valence-corrected chi connectivity index (χ3v) is 9.91. The minimum atomic E-state index is -0.322. The summed E-state index contributed by atoms with van der Waals surface area (Å²) >= 11 is 0. The van der Waals surface area contributed by atoms with E-state index in [9.17, 15) is 10.4 Å². The number of ether oxygens (including phenoxy) is 1. The first-order chi connectivity index (χ1) is 18.5. The summed E-state index contributed by atoms with van der Waals surface area (Å²) in [5.41, 5.74) is 1.33. The number of methoxy groups -OCH3 is 1. The Balaban J connectivity index is 1.09. The monoisotopic (exact) mass is 518 g/mol. The molecule has 0 radical (unpaired) electrons. The number of guanidine groups is 1. The molecule has 0 aromatic heterocycles. The Morgan fingerprint density at radius 1 is 1.16 bits per heavy atom. The molecule has 5 aliphatic carbocycles. The average Bonchev–Trinajstić information content (AvgIpc) is 2.93. The molecule has 1 aromatic carbocycles. The van der Waals surface area contributed by atoms with E-state index in [1.807, 2.05) is 24.3 Å². The van der Waals surface area contributed by atoms with Crippen LogP contribution in [0.5, 0.6) is 5.75 Å². The smallest absolute Gasteiger partial charge is 0.197 e. The molecule has 0 amide bonds. The first kappa shape index (κ1) is 25.6. The van der Waals surface area contributed by atoms with E-state index in [1.165, 1.54) is 32.1 Å². The van der Waals surface area contributed by atoms with Gasteiger partial charge in [0, 0.05) is 30.7 Å². The second-order valence-corrected chi connectivity index (χ2v) is 12.5. The van der Waals surface area contributed by atoms with E-state index >= 15 is 0 Å². The van der Waals surface area contributed by atoms with E-state index in [4.69, 9.17) is 9.73 Å². The third-order valence-electron chi connectivity index (χ3n) is 9.91. The molecule has 0 spiro atoms. The van der Waals surface area contributed by atoms with Crippen molar-refractivity contribution in [2.45, 2.75) is 82.5 Å². The van der Waals surface area contributed by atoms with Gasteiger partial charge in [0.2, 0.25) is 0 Å². The van der Waals surface area contributed by atoms with E-state index in [2.05, 4.69) is 27.0 Å². The van der Waals surface area contributed by atoms with Crippen molar-refractivity contribution in [2.75, 3.05) is 20.2 Å². The molecule has 38 heavy (non-hydrogen) atoms.